The smallest absolute Gasteiger partial charge is 0.118 e. The molecule has 3 heteroatoms. The fourth-order valence-electron chi connectivity index (χ4n) is 4.90. The molecule has 0 aromatic heterocycles. The van der Waals surface area contributed by atoms with Crippen LogP contribution in [-0.4, -0.2) is 49.1 Å². The molecule has 2 saturated carbocycles. The van der Waals surface area contributed by atoms with E-state index in [4.69, 9.17) is 4.74 Å². The van der Waals surface area contributed by atoms with Crippen LogP contribution in [0.3, 0.4) is 0 Å². The minimum atomic E-state index is 0.918. The molecule has 0 N–H and O–H groups in total. The van der Waals surface area contributed by atoms with Crippen LogP contribution in [0, 0.1) is 11.8 Å². The number of hydrogen-bond donors (Lipinski definition) is 0. The Balaban J connectivity index is 1.28. The molecule has 2 aliphatic carbocycles. The van der Waals surface area contributed by atoms with E-state index in [9.17, 15) is 0 Å². The van der Waals surface area contributed by atoms with Gasteiger partial charge in [-0.05, 0) is 48.8 Å². The van der Waals surface area contributed by atoms with Gasteiger partial charge < -0.3 is 4.74 Å². The topological polar surface area (TPSA) is 15.7 Å². The van der Waals surface area contributed by atoms with Gasteiger partial charge in [-0.15, -0.1) is 0 Å². The van der Waals surface area contributed by atoms with Crippen molar-refractivity contribution in [1.82, 2.24) is 9.80 Å². The standard InChI is InChI=1S/C19H28N2O/c1-22-18-6-3-15(4-7-18)14-20-8-10-21(11-9-20)19-13-16-2-5-17(19)12-16/h3-4,6-7,16-17,19H,2,5,8-14H2,1H3/t16-,17-,19-/m1/s1. The van der Waals surface area contributed by atoms with Crippen LogP contribution in [0.2, 0.25) is 0 Å². The highest BCUT2D eigenvalue weighted by atomic mass is 16.5. The molecule has 1 aliphatic heterocycles. The first-order valence-corrected chi connectivity index (χ1v) is 8.91. The summed E-state index contributed by atoms with van der Waals surface area (Å²) in [7, 11) is 1.73. The van der Waals surface area contributed by atoms with E-state index >= 15 is 0 Å². The maximum absolute atomic E-state index is 5.23. The predicted octanol–water partition coefficient (Wildman–Crippen LogP) is 3.00. The van der Waals surface area contributed by atoms with Crippen molar-refractivity contribution in [3.63, 3.8) is 0 Å². The average Bonchev–Trinajstić information content (AvgIpc) is 3.19. The van der Waals surface area contributed by atoms with E-state index in [0.29, 0.717) is 0 Å². The largest absolute Gasteiger partial charge is 0.497 e. The highest BCUT2D eigenvalue weighted by Crippen LogP contribution is 2.46. The highest BCUT2D eigenvalue weighted by Gasteiger charge is 2.42. The molecule has 1 heterocycles. The number of piperazine rings is 1. The number of benzene rings is 1. The zero-order valence-corrected chi connectivity index (χ0v) is 13.7. The Morgan fingerprint density at radius 2 is 1.77 bits per heavy atom. The Labute approximate surface area is 134 Å². The van der Waals surface area contributed by atoms with Gasteiger partial charge in [0, 0.05) is 38.8 Å². The Hall–Kier alpha value is -1.06. The van der Waals surface area contributed by atoms with Crippen LogP contribution in [0.5, 0.6) is 5.75 Å². The molecule has 3 aliphatic rings. The van der Waals surface area contributed by atoms with E-state index in [1.165, 1.54) is 57.4 Å². The zero-order valence-electron chi connectivity index (χ0n) is 13.7. The summed E-state index contributed by atoms with van der Waals surface area (Å²) in [5.41, 5.74) is 1.40. The number of hydrogen-bond acceptors (Lipinski definition) is 3. The predicted molar refractivity (Wildman–Crippen MR) is 89.1 cm³/mol. The van der Waals surface area contributed by atoms with E-state index in [1.54, 1.807) is 7.11 Å². The molecule has 4 rings (SSSR count). The number of fused-ring (bicyclic) bond motifs is 2. The zero-order chi connectivity index (χ0) is 14.9. The summed E-state index contributed by atoms with van der Waals surface area (Å²) >= 11 is 0. The molecule has 120 valence electrons. The molecule has 3 atom stereocenters. The molecule has 1 aromatic rings. The lowest BCUT2D eigenvalue weighted by Crippen LogP contribution is -2.51. The number of methoxy groups -OCH3 is 1. The van der Waals surface area contributed by atoms with Crippen molar-refractivity contribution in [2.24, 2.45) is 11.8 Å². The Morgan fingerprint density at radius 1 is 1.00 bits per heavy atom. The van der Waals surface area contributed by atoms with Gasteiger partial charge >= 0.3 is 0 Å². The quantitative estimate of drug-likeness (QED) is 0.850. The van der Waals surface area contributed by atoms with Crippen LogP contribution in [0.15, 0.2) is 24.3 Å². The van der Waals surface area contributed by atoms with Gasteiger partial charge in [-0.25, -0.2) is 0 Å². The molecule has 0 unspecified atom stereocenters. The van der Waals surface area contributed by atoms with Crippen LogP contribution in [0.1, 0.15) is 31.2 Å². The van der Waals surface area contributed by atoms with Crippen molar-refractivity contribution in [3.8, 4) is 5.75 Å². The van der Waals surface area contributed by atoms with Gasteiger partial charge in [0.2, 0.25) is 0 Å². The van der Waals surface area contributed by atoms with Crippen LogP contribution < -0.4 is 4.74 Å². The third-order valence-electron chi connectivity index (χ3n) is 6.14. The molecule has 0 radical (unpaired) electrons. The lowest BCUT2D eigenvalue weighted by Gasteiger charge is -2.41. The van der Waals surface area contributed by atoms with Crippen molar-refractivity contribution < 1.29 is 4.74 Å². The van der Waals surface area contributed by atoms with Crippen LogP contribution in [0.4, 0.5) is 0 Å². The molecular weight excluding hydrogens is 272 g/mol. The van der Waals surface area contributed by atoms with Gasteiger partial charge in [-0.3, -0.25) is 9.80 Å². The third-order valence-corrected chi connectivity index (χ3v) is 6.14. The van der Waals surface area contributed by atoms with Crippen LogP contribution >= 0.6 is 0 Å². The van der Waals surface area contributed by atoms with E-state index in [2.05, 4.69) is 34.1 Å². The second kappa shape index (κ2) is 6.21. The summed E-state index contributed by atoms with van der Waals surface area (Å²) in [6.45, 7) is 6.06. The summed E-state index contributed by atoms with van der Waals surface area (Å²) in [6.07, 6.45) is 6.03. The number of ether oxygens (including phenoxy) is 1. The third kappa shape index (κ3) is 2.89. The molecule has 0 spiro atoms. The molecule has 1 saturated heterocycles. The maximum atomic E-state index is 5.23. The number of nitrogens with zero attached hydrogens (tertiary/aromatic N) is 2. The van der Waals surface area contributed by atoms with Crippen molar-refractivity contribution in [2.75, 3.05) is 33.3 Å². The van der Waals surface area contributed by atoms with Crippen LogP contribution in [0.25, 0.3) is 0 Å². The fraction of sp³-hybridized carbons (Fsp3) is 0.684. The molecular formula is C19H28N2O. The van der Waals surface area contributed by atoms with E-state index < -0.39 is 0 Å². The van der Waals surface area contributed by atoms with Crippen molar-refractivity contribution in [3.05, 3.63) is 29.8 Å². The Bertz CT molecular complexity index is 493. The van der Waals surface area contributed by atoms with Crippen molar-refractivity contribution in [1.29, 1.82) is 0 Å². The minimum Gasteiger partial charge on any atom is -0.497 e. The second-order valence-corrected chi connectivity index (χ2v) is 7.40. The SMILES string of the molecule is COc1ccc(CN2CCN([C@@H]3C[C@@H]4CC[C@@H]3C4)CC2)cc1. The average molecular weight is 300 g/mol. The van der Waals surface area contributed by atoms with Crippen molar-refractivity contribution >= 4 is 0 Å². The first-order valence-electron chi connectivity index (χ1n) is 8.91. The molecule has 2 bridgehead atoms. The van der Waals surface area contributed by atoms with Crippen molar-refractivity contribution in [2.45, 2.75) is 38.3 Å². The fourth-order valence-corrected chi connectivity index (χ4v) is 4.90. The Kier molecular flexibility index (Phi) is 4.10. The summed E-state index contributed by atoms with van der Waals surface area (Å²) < 4.78 is 5.23. The first kappa shape index (κ1) is 14.5. The summed E-state index contributed by atoms with van der Waals surface area (Å²) in [5, 5.41) is 0. The van der Waals surface area contributed by atoms with E-state index in [-0.39, 0.29) is 0 Å². The van der Waals surface area contributed by atoms with Gasteiger partial charge in [0.05, 0.1) is 7.11 Å². The molecule has 0 amide bonds. The van der Waals surface area contributed by atoms with Gasteiger partial charge in [-0.2, -0.15) is 0 Å². The van der Waals surface area contributed by atoms with E-state index in [0.717, 1.165) is 30.2 Å². The molecule has 3 nitrogen and oxygen atoms in total. The summed E-state index contributed by atoms with van der Waals surface area (Å²) in [4.78, 5) is 5.40. The maximum Gasteiger partial charge on any atom is 0.118 e. The van der Waals surface area contributed by atoms with Gasteiger partial charge in [0.25, 0.3) is 0 Å². The minimum absolute atomic E-state index is 0.918. The summed E-state index contributed by atoms with van der Waals surface area (Å²) in [5.74, 6) is 3.04. The summed E-state index contributed by atoms with van der Waals surface area (Å²) in [6, 6.07) is 9.45. The molecule has 22 heavy (non-hydrogen) atoms. The highest BCUT2D eigenvalue weighted by molar-refractivity contribution is 5.27. The first-order chi connectivity index (χ1) is 10.8. The van der Waals surface area contributed by atoms with Crippen LogP contribution in [-0.2, 0) is 6.54 Å². The second-order valence-electron chi connectivity index (χ2n) is 7.40. The lowest BCUT2D eigenvalue weighted by molar-refractivity contribution is 0.0679. The normalized spacial score (nSPS) is 32.5. The number of rotatable bonds is 4. The lowest BCUT2D eigenvalue weighted by atomic mass is 9.93. The van der Waals surface area contributed by atoms with Gasteiger partial charge in [-0.1, -0.05) is 18.6 Å². The monoisotopic (exact) mass is 300 g/mol. The van der Waals surface area contributed by atoms with E-state index in [1.807, 2.05) is 0 Å². The molecule has 1 aromatic carbocycles. The van der Waals surface area contributed by atoms with Gasteiger partial charge in [0.15, 0.2) is 0 Å². The van der Waals surface area contributed by atoms with Gasteiger partial charge in [0.1, 0.15) is 5.75 Å². The molecule has 3 fully saturated rings. The Morgan fingerprint density at radius 3 is 2.36 bits per heavy atom.